The van der Waals surface area contributed by atoms with Crippen LogP contribution in [0.1, 0.15) is 43.6 Å². The Labute approximate surface area is 143 Å². The molecule has 2 aromatic carbocycles. The lowest BCUT2D eigenvalue weighted by Gasteiger charge is -2.48. The smallest absolute Gasteiger partial charge is 0.258 e. The molecule has 0 saturated heterocycles. The predicted molar refractivity (Wildman–Crippen MR) is 96.3 cm³/mol. The van der Waals surface area contributed by atoms with Gasteiger partial charge in [0, 0.05) is 17.3 Å². The molecular formula is C20H24N2O2. The number of carbonyl (C=O) groups is 1. The molecule has 3 rings (SSSR count). The normalized spacial score (nSPS) is 19.9. The summed E-state index contributed by atoms with van der Waals surface area (Å²) in [5.41, 5.74) is 1.95. The van der Waals surface area contributed by atoms with Crippen LogP contribution in [0.25, 0.3) is 0 Å². The van der Waals surface area contributed by atoms with Crippen LogP contribution in [0.3, 0.4) is 0 Å². The fraction of sp³-hybridized carbons (Fsp3) is 0.350. The lowest BCUT2D eigenvalue weighted by Crippen LogP contribution is -2.58. The van der Waals surface area contributed by atoms with Crippen molar-refractivity contribution in [3.63, 3.8) is 0 Å². The quantitative estimate of drug-likeness (QED) is 0.915. The summed E-state index contributed by atoms with van der Waals surface area (Å²) in [5, 5.41) is 3.57. The molecule has 0 spiro atoms. The monoisotopic (exact) mass is 324 g/mol. The summed E-state index contributed by atoms with van der Waals surface area (Å²) >= 11 is 0. The van der Waals surface area contributed by atoms with Gasteiger partial charge in [-0.05, 0) is 52.0 Å². The number of hydrogen-bond acceptors (Lipinski definition) is 3. The zero-order valence-corrected chi connectivity index (χ0v) is 14.7. The number of carbonyl (C=O) groups excluding carboxylic acids is 1. The molecule has 126 valence electrons. The van der Waals surface area contributed by atoms with E-state index in [0.29, 0.717) is 12.2 Å². The van der Waals surface area contributed by atoms with Crippen molar-refractivity contribution in [2.75, 3.05) is 11.9 Å². The van der Waals surface area contributed by atoms with Gasteiger partial charge in [-0.1, -0.05) is 24.3 Å². The minimum atomic E-state index is -0.632. The Hall–Kier alpha value is -2.49. The SMILES string of the molecule is CCOc1cccc(C2(C)Nc3ccccc3C(=O)N2C(C)C)c1. The highest BCUT2D eigenvalue weighted by molar-refractivity contribution is 6.02. The summed E-state index contributed by atoms with van der Waals surface area (Å²) in [7, 11) is 0. The molecule has 4 heteroatoms. The van der Waals surface area contributed by atoms with E-state index in [-0.39, 0.29) is 11.9 Å². The lowest BCUT2D eigenvalue weighted by atomic mass is 9.92. The first kappa shape index (κ1) is 16.4. The highest BCUT2D eigenvalue weighted by atomic mass is 16.5. The predicted octanol–water partition coefficient (Wildman–Crippen LogP) is 4.23. The van der Waals surface area contributed by atoms with Crippen molar-refractivity contribution >= 4 is 11.6 Å². The van der Waals surface area contributed by atoms with Gasteiger partial charge >= 0.3 is 0 Å². The van der Waals surface area contributed by atoms with Crippen molar-refractivity contribution in [2.45, 2.75) is 39.4 Å². The maximum Gasteiger partial charge on any atom is 0.258 e. The number of ether oxygens (including phenoxy) is 1. The summed E-state index contributed by atoms with van der Waals surface area (Å²) in [6, 6.07) is 15.7. The van der Waals surface area contributed by atoms with E-state index in [1.807, 2.05) is 81.1 Å². The van der Waals surface area contributed by atoms with Gasteiger partial charge in [0.05, 0.1) is 12.2 Å². The number of anilines is 1. The van der Waals surface area contributed by atoms with Crippen molar-refractivity contribution < 1.29 is 9.53 Å². The molecule has 1 aliphatic heterocycles. The first-order valence-electron chi connectivity index (χ1n) is 8.41. The van der Waals surface area contributed by atoms with Crippen molar-refractivity contribution in [3.8, 4) is 5.75 Å². The third-order valence-corrected chi connectivity index (χ3v) is 4.46. The number of amides is 1. The van der Waals surface area contributed by atoms with E-state index in [9.17, 15) is 4.79 Å². The number of fused-ring (bicyclic) bond motifs is 1. The van der Waals surface area contributed by atoms with Crippen molar-refractivity contribution in [2.24, 2.45) is 0 Å². The van der Waals surface area contributed by atoms with Gasteiger partial charge in [0.15, 0.2) is 0 Å². The molecule has 0 radical (unpaired) electrons. The second-order valence-electron chi connectivity index (χ2n) is 6.47. The molecule has 1 heterocycles. The first-order valence-corrected chi connectivity index (χ1v) is 8.41. The molecule has 4 nitrogen and oxygen atoms in total. The molecule has 2 aromatic rings. The molecule has 0 saturated carbocycles. The second-order valence-corrected chi connectivity index (χ2v) is 6.47. The average molecular weight is 324 g/mol. The Kier molecular flexibility index (Phi) is 4.22. The second kappa shape index (κ2) is 6.19. The lowest BCUT2D eigenvalue weighted by molar-refractivity contribution is 0.0433. The van der Waals surface area contributed by atoms with Gasteiger partial charge in [0.25, 0.3) is 5.91 Å². The van der Waals surface area contributed by atoms with Crippen LogP contribution < -0.4 is 10.1 Å². The number of rotatable bonds is 4. The van der Waals surface area contributed by atoms with Crippen LogP contribution in [-0.2, 0) is 5.66 Å². The Balaban J connectivity index is 2.13. The molecule has 1 aliphatic rings. The van der Waals surface area contributed by atoms with Crippen LogP contribution in [-0.4, -0.2) is 23.5 Å². The molecule has 1 atom stereocenters. The van der Waals surface area contributed by atoms with Gasteiger partial charge in [-0.15, -0.1) is 0 Å². The van der Waals surface area contributed by atoms with Gasteiger partial charge in [-0.25, -0.2) is 0 Å². The molecule has 0 bridgehead atoms. The molecule has 0 aliphatic carbocycles. The fourth-order valence-electron chi connectivity index (χ4n) is 3.45. The van der Waals surface area contributed by atoms with Gasteiger partial charge < -0.3 is 15.0 Å². The van der Waals surface area contributed by atoms with Crippen LogP contribution >= 0.6 is 0 Å². The summed E-state index contributed by atoms with van der Waals surface area (Å²) in [5.74, 6) is 0.858. The van der Waals surface area contributed by atoms with Crippen molar-refractivity contribution in [3.05, 3.63) is 59.7 Å². The minimum Gasteiger partial charge on any atom is -0.494 e. The third kappa shape index (κ3) is 2.62. The zero-order valence-electron chi connectivity index (χ0n) is 14.7. The Morgan fingerprint density at radius 2 is 1.92 bits per heavy atom. The van der Waals surface area contributed by atoms with Crippen LogP contribution in [0.2, 0.25) is 0 Å². The van der Waals surface area contributed by atoms with E-state index in [1.54, 1.807) is 0 Å². The van der Waals surface area contributed by atoms with E-state index in [1.165, 1.54) is 0 Å². The largest absolute Gasteiger partial charge is 0.494 e. The van der Waals surface area contributed by atoms with Crippen LogP contribution in [0, 0.1) is 0 Å². The van der Waals surface area contributed by atoms with Crippen LogP contribution in [0.4, 0.5) is 5.69 Å². The highest BCUT2D eigenvalue weighted by Gasteiger charge is 2.43. The molecule has 0 aromatic heterocycles. The van der Waals surface area contributed by atoms with E-state index in [2.05, 4.69) is 5.32 Å². The number of nitrogens with zero attached hydrogens (tertiary/aromatic N) is 1. The number of hydrogen-bond donors (Lipinski definition) is 1. The van der Waals surface area contributed by atoms with Gasteiger partial charge in [0.2, 0.25) is 0 Å². The van der Waals surface area contributed by atoms with E-state index in [0.717, 1.165) is 17.0 Å². The number of benzene rings is 2. The summed E-state index contributed by atoms with van der Waals surface area (Å²) in [6.45, 7) is 8.71. The first-order chi connectivity index (χ1) is 11.5. The van der Waals surface area contributed by atoms with Crippen molar-refractivity contribution in [1.29, 1.82) is 0 Å². The van der Waals surface area contributed by atoms with Crippen LogP contribution in [0.5, 0.6) is 5.75 Å². The average Bonchev–Trinajstić information content (AvgIpc) is 2.55. The number of nitrogens with one attached hydrogen (secondary N) is 1. The zero-order chi connectivity index (χ0) is 17.3. The van der Waals surface area contributed by atoms with Gasteiger partial charge in [-0.3, -0.25) is 4.79 Å². The molecule has 0 fully saturated rings. The molecule has 1 amide bonds. The number of para-hydroxylation sites is 1. The van der Waals surface area contributed by atoms with E-state index in [4.69, 9.17) is 4.74 Å². The molecular weight excluding hydrogens is 300 g/mol. The summed E-state index contributed by atoms with van der Waals surface area (Å²) in [4.78, 5) is 15.0. The van der Waals surface area contributed by atoms with Gasteiger partial charge in [0.1, 0.15) is 11.4 Å². The summed E-state index contributed by atoms with van der Waals surface area (Å²) in [6.07, 6.45) is 0. The fourth-order valence-corrected chi connectivity index (χ4v) is 3.45. The van der Waals surface area contributed by atoms with Crippen LogP contribution in [0.15, 0.2) is 48.5 Å². The maximum absolute atomic E-state index is 13.1. The Bertz CT molecular complexity index is 757. The highest BCUT2D eigenvalue weighted by Crippen LogP contribution is 2.39. The third-order valence-electron chi connectivity index (χ3n) is 4.46. The molecule has 1 unspecified atom stereocenters. The summed E-state index contributed by atoms with van der Waals surface area (Å²) < 4.78 is 5.64. The Morgan fingerprint density at radius 1 is 1.17 bits per heavy atom. The minimum absolute atomic E-state index is 0.0451. The van der Waals surface area contributed by atoms with Gasteiger partial charge in [-0.2, -0.15) is 0 Å². The van der Waals surface area contributed by atoms with Crippen molar-refractivity contribution in [1.82, 2.24) is 4.90 Å². The molecule has 1 N–H and O–H groups in total. The Morgan fingerprint density at radius 3 is 2.62 bits per heavy atom. The molecule has 24 heavy (non-hydrogen) atoms. The topological polar surface area (TPSA) is 41.6 Å². The maximum atomic E-state index is 13.1. The van der Waals surface area contributed by atoms with E-state index >= 15 is 0 Å². The standard InChI is InChI=1S/C20H24N2O2/c1-5-24-16-10-8-9-15(13-16)20(4)21-18-12-7-6-11-17(18)19(23)22(20)14(2)3/h6-14,21H,5H2,1-4H3. The van der Waals surface area contributed by atoms with E-state index < -0.39 is 5.66 Å².